The fourth-order valence-electron chi connectivity index (χ4n) is 7.86. The second kappa shape index (κ2) is 8.92. The Morgan fingerprint density at radius 1 is 1.07 bits per heavy atom. The van der Waals surface area contributed by atoms with Crippen LogP contribution in [0.15, 0.2) is 11.6 Å². The van der Waals surface area contributed by atoms with Crippen LogP contribution in [0, 0.1) is 34.5 Å². The van der Waals surface area contributed by atoms with Gasteiger partial charge in [-0.3, -0.25) is 4.79 Å². The molecule has 3 fully saturated rings. The van der Waals surface area contributed by atoms with Gasteiger partial charge in [0.15, 0.2) is 0 Å². The van der Waals surface area contributed by atoms with E-state index in [1.54, 1.807) is 5.57 Å². The number of allylic oxidation sites excluding steroid dienone is 2. The Labute approximate surface area is 173 Å². The molecule has 28 heavy (non-hydrogen) atoms. The molecule has 0 radical (unpaired) electrons. The van der Waals surface area contributed by atoms with Crippen molar-refractivity contribution in [1.82, 2.24) is 0 Å². The number of ether oxygens (including phenoxy) is 1. The number of rotatable bonds is 4. The molecule has 2 heteroatoms. The molecule has 160 valence electrons. The molecule has 0 aromatic rings. The lowest BCUT2D eigenvalue weighted by molar-refractivity contribution is -0.140. The van der Waals surface area contributed by atoms with E-state index in [0.717, 1.165) is 36.5 Å². The fourth-order valence-corrected chi connectivity index (χ4v) is 7.86. The molecule has 6 unspecified atom stereocenters. The van der Waals surface area contributed by atoms with Gasteiger partial charge in [0.05, 0.1) is 7.11 Å². The standard InChI is InChI=1S/C24H38O2.C2H6/c1-23-15-5-4-7-17(23)10-12-19-20-13-11-18(8-6-9-22(25)26-3)24(20,2)16-14-21(19)23;1-2/h11,17,19-21H,4-10,12-16H2,1-3H3;1-2H3. The zero-order valence-electron chi connectivity index (χ0n) is 19.2. The van der Waals surface area contributed by atoms with Gasteiger partial charge in [-0.15, -0.1) is 0 Å². The Bertz CT molecular complexity index is 579. The van der Waals surface area contributed by atoms with Gasteiger partial charge < -0.3 is 4.74 Å². The second-order valence-corrected chi connectivity index (χ2v) is 10.3. The molecule has 6 atom stereocenters. The number of hydrogen-bond donors (Lipinski definition) is 0. The van der Waals surface area contributed by atoms with E-state index in [1.165, 1.54) is 64.9 Å². The number of carbonyl (C=O) groups is 1. The van der Waals surface area contributed by atoms with Crippen LogP contribution in [0.4, 0.5) is 0 Å². The molecule has 0 heterocycles. The summed E-state index contributed by atoms with van der Waals surface area (Å²) in [6, 6.07) is 0. The van der Waals surface area contributed by atoms with Crippen LogP contribution in [0.3, 0.4) is 0 Å². The largest absolute Gasteiger partial charge is 0.469 e. The van der Waals surface area contributed by atoms with E-state index in [0.29, 0.717) is 17.3 Å². The predicted molar refractivity (Wildman–Crippen MR) is 117 cm³/mol. The Morgan fingerprint density at radius 2 is 1.86 bits per heavy atom. The third-order valence-electron chi connectivity index (χ3n) is 9.38. The molecule has 0 aromatic carbocycles. The van der Waals surface area contributed by atoms with E-state index >= 15 is 0 Å². The third-order valence-corrected chi connectivity index (χ3v) is 9.38. The first-order valence-corrected chi connectivity index (χ1v) is 12.3. The van der Waals surface area contributed by atoms with E-state index in [-0.39, 0.29) is 5.97 Å². The maximum atomic E-state index is 11.5. The maximum absolute atomic E-state index is 11.5. The first-order valence-electron chi connectivity index (χ1n) is 12.3. The van der Waals surface area contributed by atoms with Gasteiger partial charge in [0, 0.05) is 6.42 Å². The highest BCUT2D eigenvalue weighted by molar-refractivity contribution is 5.69. The molecule has 0 aliphatic heterocycles. The Hall–Kier alpha value is -0.790. The van der Waals surface area contributed by atoms with Crippen LogP contribution in [0.5, 0.6) is 0 Å². The van der Waals surface area contributed by atoms with Gasteiger partial charge in [-0.1, -0.05) is 52.2 Å². The van der Waals surface area contributed by atoms with Gasteiger partial charge in [0.25, 0.3) is 0 Å². The van der Waals surface area contributed by atoms with Crippen molar-refractivity contribution < 1.29 is 9.53 Å². The normalized spacial score (nSPS) is 41.5. The van der Waals surface area contributed by atoms with E-state index in [1.807, 2.05) is 13.8 Å². The van der Waals surface area contributed by atoms with Gasteiger partial charge in [-0.25, -0.2) is 0 Å². The summed E-state index contributed by atoms with van der Waals surface area (Å²) in [6.07, 6.45) is 18.2. The van der Waals surface area contributed by atoms with Gasteiger partial charge >= 0.3 is 5.97 Å². The zero-order valence-corrected chi connectivity index (χ0v) is 19.2. The topological polar surface area (TPSA) is 26.3 Å². The lowest BCUT2D eigenvalue weighted by Gasteiger charge is -2.60. The Morgan fingerprint density at radius 3 is 2.61 bits per heavy atom. The van der Waals surface area contributed by atoms with Crippen molar-refractivity contribution in [2.45, 2.75) is 105 Å². The van der Waals surface area contributed by atoms with Crippen LogP contribution in [-0.2, 0) is 9.53 Å². The van der Waals surface area contributed by atoms with Crippen LogP contribution in [0.2, 0.25) is 0 Å². The summed E-state index contributed by atoms with van der Waals surface area (Å²) in [5, 5.41) is 0. The van der Waals surface area contributed by atoms with E-state index < -0.39 is 0 Å². The van der Waals surface area contributed by atoms with Crippen LogP contribution in [0.25, 0.3) is 0 Å². The molecular weight excluding hydrogens is 344 g/mol. The molecular formula is C26H44O2. The smallest absolute Gasteiger partial charge is 0.305 e. The number of fused-ring (bicyclic) bond motifs is 5. The molecule has 0 bridgehead atoms. The highest BCUT2D eigenvalue weighted by atomic mass is 16.5. The lowest BCUT2D eigenvalue weighted by Crippen LogP contribution is -2.52. The summed E-state index contributed by atoms with van der Waals surface area (Å²) in [6.45, 7) is 9.22. The Kier molecular flexibility index (Phi) is 6.98. The summed E-state index contributed by atoms with van der Waals surface area (Å²) >= 11 is 0. The highest BCUT2D eigenvalue weighted by Crippen LogP contribution is 2.66. The van der Waals surface area contributed by atoms with Gasteiger partial charge in [-0.2, -0.15) is 0 Å². The quantitative estimate of drug-likeness (QED) is 0.372. The molecule has 4 rings (SSSR count). The van der Waals surface area contributed by atoms with Crippen molar-refractivity contribution >= 4 is 5.97 Å². The number of hydrogen-bond acceptors (Lipinski definition) is 2. The summed E-state index contributed by atoms with van der Waals surface area (Å²) in [7, 11) is 1.50. The monoisotopic (exact) mass is 388 g/mol. The average molecular weight is 389 g/mol. The van der Waals surface area contributed by atoms with E-state index in [9.17, 15) is 4.79 Å². The zero-order chi connectivity index (χ0) is 20.4. The van der Waals surface area contributed by atoms with Crippen molar-refractivity contribution in [3.8, 4) is 0 Å². The van der Waals surface area contributed by atoms with Crippen molar-refractivity contribution in [2.24, 2.45) is 34.5 Å². The van der Waals surface area contributed by atoms with Crippen molar-refractivity contribution in [1.29, 1.82) is 0 Å². The second-order valence-electron chi connectivity index (χ2n) is 10.3. The van der Waals surface area contributed by atoms with Crippen molar-refractivity contribution in [3.63, 3.8) is 0 Å². The molecule has 0 amide bonds. The minimum Gasteiger partial charge on any atom is -0.469 e. The molecule has 4 aliphatic carbocycles. The molecule has 4 aliphatic rings. The Balaban J connectivity index is 0.00000109. The molecule has 0 aromatic heterocycles. The fraction of sp³-hybridized carbons (Fsp3) is 0.885. The van der Waals surface area contributed by atoms with Crippen LogP contribution < -0.4 is 0 Å². The maximum Gasteiger partial charge on any atom is 0.305 e. The number of esters is 1. The van der Waals surface area contributed by atoms with Gasteiger partial charge in [0.2, 0.25) is 0 Å². The highest BCUT2D eigenvalue weighted by Gasteiger charge is 2.57. The van der Waals surface area contributed by atoms with Crippen LogP contribution >= 0.6 is 0 Å². The minimum absolute atomic E-state index is 0.0578. The van der Waals surface area contributed by atoms with Crippen molar-refractivity contribution in [2.75, 3.05) is 7.11 Å². The molecule has 0 spiro atoms. The third kappa shape index (κ3) is 3.70. The number of carbonyl (C=O) groups excluding carboxylic acids is 1. The summed E-state index contributed by atoms with van der Waals surface area (Å²) < 4.78 is 4.82. The summed E-state index contributed by atoms with van der Waals surface area (Å²) in [5.74, 6) is 3.74. The lowest BCUT2D eigenvalue weighted by atomic mass is 9.45. The van der Waals surface area contributed by atoms with Gasteiger partial charge in [-0.05, 0) is 92.3 Å². The van der Waals surface area contributed by atoms with Crippen LogP contribution in [0.1, 0.15) is 105 Å². The molecule has 0 N–H and O–H groups in total. The average Bonchev–Trinajstić information content (AvgIpc) is 3.05. The van der Waals surface area contributed by atoms with Gasteiger partial charge in [0.1, 0.15) is 0 Å². The first-order chi connectivity index (χ1) is 13.5. The molecule has 0 saturated heterocycles. The van der Waals surface area contributed by atoms with Crippen LogP contribution in [-0.4, -0.2) is 13.1 Å². The summed E-state index contributed by atoms with van der Waals surface area (Å²) in [4.78, 5) is 11.5. The SMILES string of the molecule is CC.COC(=O)CCCC1=CCC2C3CCC4CCCCC4(C)C3CCC12C. The van der Waals surface area contributed by atoms with E-state index in [2.05, 4.69) is 19.9 Å². The van der Waals surface area contributed by atoms with Crippen molar-refractivity contribution in [3.05, 3.63) is 11.6 Å². The molecule has 3 saturated carbocycles. The van der Waals surface area contributed by atoms with E-state index in [4.69, 9.17) is 4.74 Å². The predicted octanol–water partition coefficient (Wildman–Crippen LogP) is 7.33. The molecule has 2 nitrogen and oxygen atoms in total. The first kappa shape index (κ1) is 21.9. The minimum atomic E-state index is -0.0578. The number of methoxy groups -OCH3 is 1. The summed E-state index contributed by atoms with van der Waals surface area (Å²) in [5.41, 5.74) is 2.71.